The Hall–Kier alpha value is -1.87. The summed E-state index contributed by atoms with van der Waals surface area (Å²) < 4.78 is 1.86. The molecule has 0 radical (unpaired) electrons. The van der Waals surface area contributed by atoms with Crippen LogP contribution in [0.25, 0.3) is 5.65 Å². The number of halogens is 1. The van der Waals surface area contributed by atoms with Crippen molar-refractivity contribution in [2.45, 2.75) is 13.3 Å². The molecule has 0 bridgehead atoms. The second-order valence-electron chi connectivity index (χ2n) is 4.27. The van der Waals surface area contributed by atoms with Gasteiger partial charge in [-0.3, -0.25) is 0 Å². The first-order chi connectivity index (χ1) is 8.72. The van der Waals surface area contributed by atoms with E-state index in [4.69, 9.17) is 11.6 Å². The van der Waals surface area contributed by atoms with E-state index in [1.807, 2.05) is 53.9 Å². The second-order valence-corrected chi connectivity index (χ2v) is 4.71. The van der Waals surface area contributed by atoms with Crippen molar-refractivity contribution in [3.8, 4) is 0 Å². The van der Waals surface area contributed by atoms with Gasteiger partial charge in [-0.1, -0.05) is 29.8 Å². The maximum atomic E-state index is 5.97. The zero-order valence-corrected chi connectivity index (χ0v) is 10.7. The van der Waals surface area contributed by atoms with Gasteiger partial charge in [0.15, 0.2) is 11.5 Å². The lowest BCUT2D eigenvalue weighted by Gasteiger charge is -1.97. The number of benzene rings is 1. The quantitative estimate of drug-likeness (QED) is 0.705. The monoisotopic (exact) mass is 257 g/mol. The molecule has 0 aliphatic carbocycles. The summed E-state index contributed by atoms with van der Waals surface area (Å²) in [6, 6.07) is 13.8. The highest BCUT2D eigenvalue weighted by atomic mass is 35.5. The van der Waals surface area contributed by atoms with Crippen LogP contribution < -0.4 is 0 Å². The van der Waals surface area contributed by atoms with Crippen molar-refractivity contribution in [3.05, 3.63) is 64.6 Å². The van der Waals surface area contributed by atoms with E-state index < -0.39 is 0 Å². The molecule has 0 saturated carbocycles. The van der Waals surface area contributed by atoms with Crippen molar-refractivity contribution < 1.29 is 0 Å². The molecular weight excluding hydrogens is 246 g/mol. The van der Waals surface area contributed by atoms with E-state index in [-0.39, 0.29) is 0 Å². The molecule has 2 aromatic heterocycles. The van der Waals surface area contributed by atoms with Crippen LogP contribution in [0.3, 0.4) is 0 Å². The topological polar surface area (TPSA) is 30.2 Å². The third kappa shape index (κ3) is 2.09. The third-order valence-electron chi connectivity index (χ3n) is 2.84. The maximum Gasteiger partial charge on any atom is 0.156 e. The fourth-order valence-corrected chi connectivity index (χ4v) is 2.20. The summed E-state index contributed by atoms with van der Waals surface area (Å²) in [6.07, 6.45) is 0.696. The summed E-state index contributed by atoms with van der Waals surface area (Å²) in [5.74, 6) is 0.812. The van der Waals surface area contributed by atoms with Crippen molar-refractivity contribution in [1.29, 1.82) is 0 Å². The molecule has 0 aliphatic heterocycles. The molecule has 0 unspecified atom stereocenters. The number of aromatic nitrogens is 3. The van der Waals surface area contributed by atoms with Crippen molar-refractivity contribution in [2.24, 2.45) is 0 Å². The van der Waals surface area contributed by atoms with Crippen LogP contribution in [-0.4, -0.2) is 14.6 Å². The van der Waals surface area contributed by atoms with E-state index in [9.17, 15) is 0 Å². The summed E-state index contributed by atoms with van der Waals surface area (Å²) in [4.78, 5) is 4.51. The highest BCUT2D eigenvalue weighted by Crippen LogP contribution is 2.14. The summed E-state index contributed by atoms with van der Waals surface area (Å²) in [5, 5.41) is 5.24. The Balaban J connectivity index is 1.98. The number of rotatable bonds is 2. The minimum atomic E-state index is 0.696. The van der Waals surface area contributed by atoms with Crippen LogP contribution in [0.5, 0.6) is 0 Å². The van der Waals surface area contributed by atoms with E-state index >= 15 is 0 Å². The van der Waals surface area contributed by atoms with Crippen molar-refractivity contribution >= 4 is 17.2 Å². The molecule has 0 fully saturated rings. The van der Waals surface area contributed by atoms with Gasteiger partial charge in [-0.05, 0) is 36.8 Å². The molecule has 0 saturated heterocycles. The minimum absolute atomic E-state index is 0.696. The lowest BCUT2D eigenvalue weighted by molar-refractivity contribution is 0.870. The van der Waals surface area contributed by atoms with Gasteiger partial charge in [0.25, 0.3) is 0 Å². The highest BCUT2D eigenvalue weighted by Gasteiger charge is 2.06. The van der Waals surface area contributed by atoms with Crippen LogP contribution in [-0.2, 0) is 6.42 Å². The average molecular weight is 258 g/mol. The second kappa shape index (κ2) is 4.42. The first-order valence-electron chi connectivity index (χ1n) is 5.78. The first kappa shape index (κ1) is 11.2. The third-order valence-corrected chi connectivity index (χ3v) is 3.08. The summed E-state index contributed by atoms with van der Waals surface area (Å²) in [5.41, 5.74) is 3.08. The van der Waals surface area contributed by atoms with Gasteiger partial charge in [0.05, 0.1) is 0 Å². The van der Waals surface area contributed by atoms with Crippen LogP contribution in [0.15, 0.2) is 42.5 Å². The van der Waals surface area contributed by atoms with E-state index in [1.54, 1.807) is 0 Å². The summed E-state index contributed by atoms with van der Waals surface area (Å²) in [6.45, 7) is 2.02. The predicted octanol–water partition coefficient (Wildman–Crippen LogP) is 3.28. The molecule has 0 spiro atoms. The summed E-state index contributed by atoms with van der Waals surface area (Å²) in [7, 11) is 0. The molecule has 0 atom stereocenters. The zero-order chi connectivity index (χ0) is 12.5. The maximum absolute atomic E-state index is 5.97. The lowest BCUT2D eigenvalue weighted by atomic mass is 10.1. The van der Waals surface area contributed by atoms with Gasteiger partial charge in [-0.15, -0.1) is 0 Å². The Labute approximate surface area is 110 Å². The molecule has 0 amide bonds. The molecule has 3 aromatic rings. The Morgan fingerprint density at radius 3 is 2.78 bits per heavy atom. The largest absolute Gasteiger partial charge is 0.218 e. The molecule has 18 heavy (non-hydrogen) atoms. The normalized spacial score (nSPS) is 11.0. The standard InChI is InChI=1S/C14H12ClN3/c1-10-4-2-7-14-16-13(17-18(10)14)9-11-5-3-6-12(15)8-11/h2-8H,9H2,1H3. The summed E-state index contributed by atoms with van der Waals surface area (Å²) >= 11 is 5.97. The average Bonchev–Trinajstić information content (AvgIpc) is 2.73. The Morgan fingerprint density at radius 2 is 2.00 bits per heavy atom. The molecule has 3 rings (SSSR count). The number of pyridine rings is 1. The van der Waals surface area contributed by atoms with Gasteiger partial charge in [-0.25, -0.2) is 9.50 Å². The number of aryl methyl sites for hydroxylation is 1. The fraction of sp³-hybridized carbons (Fsp3) is 0.143. The van der Waals surface area contributed by atoms with Crippen LogP contribution in [0.4, 0.5) is 0 Å². The molecule has 3 nitrogen and oxygen atoms in total. The minimum Gasteiger partial charge on any atom is -0.218 e. The number of hydrogen-bond acceptors (Lipinski definition) is 2. The van der Waals surface area contributed by atoms with E-state index in [0.717, 1.165) is 27.8 Å². The Morgan fingerprint density at radius 1 is 1.17 bits per heavy atom. The van der Waals surface area contributed by atoms with Crippen LogP contribution in [0.1, 0.15) is 17.1 Å². The van der Waals surface area contributed by atoms with Crippen molar-refractivity contribution in [1.82, 2.24) is 14.6 Å². The lowest BCUT2D eigenvalue weighted by Crippen LogP contribution is -1.94. The van der Waals surface area contributed by atoms with Crippen LogP contribution in [0, 0.1) is 6.92 Å². The zero-order valence-electron chi connectivity index (χ0n) is 9.97. The number of fused-ring (bicyclic) bond motifs is 1. The van der Waals surface area contributed by atoms with Gasteiger partial charge in [0.2, 0.25) is 0 Å². The molecule has 2 heterocycles. The van der Waals surface area contributed by atoms with Gasteiger partial charge in [-0.2, -0.15) is 5.10 Å². The van der Waals surface area contributed by atoms with Crippen LogP contribution in [0.2, 0.25) is 5.02 Å². The Bertz CT molecular complexity index is 703. The molecule has 90 valence electrons. The first-order valence-corrected chi connectivity index (χ1v) is 6.16. The molecule has 0 aliphatic rings. The Kier molecular flexibility index (Phi) is 2.76. The van der Waals surface area contributed by atoms with E-state index in [2.05, 4.69) is 10.1 Å². The highest BCUT2D eigenvalue weighted by molar-refractivity contribution is 6.30. The van der Waals surface area contributed by atoms with Gasteiger partial charge >= 0.3 is 0 Å². The van der Waals surface area contributed by atoms with E-state index in [1.165, 1.54) is 0 Å². The fourth-order valence-electron chi connectivity index (χ4n) is 1.98. The SMILES string of the molecule is Cc1cccc2nc(Cc3cccc(Cl)c3)nn12. The molecular formula is C14H12ClN3. The predicted molar refractivity (Wildman–Crippen MR) is 72.0 cm³/mol. The molecule has 4 heteroatoms. The molecule has 1 aromatic carbocycles. The smallest absolute Gasteiger partial charge is 0.156 e. The molecule has 0 N–H and O–H groups in total. The van der Waals surface area contributed by atoms with Crippen molar-refractivity contribution in [3.63, 3.8) is 0 Å². The van der Waals surface area contributed by atoms with Gasteiger partial charge < -0.3 is 0 Å². The van der Waals surface area contributed by atoms with Gasteiger partial charge in [0.1, 0.15) is 0 Å². The van der Waals surface area contributed by atoms with E-state index in [0.29, 0.717) is 6.42 Å². The van der Waals surface area contributed by atoms with Gasteiger partial charge in [0, 0.05) is 17.1 Å². The number of hydrogen-bond donors (Lipinski definition) is 0. The van der Waals surface area contributed by atoms with Crippen molar-refractivity contribution in [2.75, 3.05) is 0 Å². The van der Waals surface area contributed by atoms with Crippen LogP contribution >= 0.6 is 11.6 Å². The number of nitrogens with zero attached hydrogens (tertiary/aromatic N) is 3.